The van der Waals surface area contributed by atoms with Crippen molar-refractivity contribution in [3.05, 3.63) is 33.8 Å². The summed E-state index contributed by atoms with van der Waals surface area (Å²) in [5.41, 5.74) is 1.86. The molecule has 2 rings (SSSR count). The first kappa shape index (κ1) is 23.8. The largest absolute Gasteiger partial charge is 0.469 e. The fraction of sp³-hybridized carbons (Fsp3) is 0.619. The zero-order chi connectivity index (χ0) is 19.6. The number of Topliss-reactive ketones (excluding diaryl/α,β-unsaturated/α-hetero) is 1. The normalized spacial score (nSPS) is 20.9. The molecule has 0 aliphatic heterocycles. The van der Waals surface area contributed by atoms with Gasteiger partial charge in [0.15, 0.2) is 0 Å². The Balaban J connectivity index is 0.00000134. The molecule has 0 saturated carbocycles. The minimum atomic E-state index is -0.600. The lowest BCUT2D eigenvalue weighted by atomic mass is 9.62. The number of carbonyl (C=O) groups is 2. The monoisotopic (exact) mass is 412 g/mol. The first-order valence-corrected chi connectivity index (χ1v) is 10.1. The van der Waals surface area contributed by atoms with Gasteiger partial charge >= 0.3 is 5.97 Å². The number of hydrogen-bond donors (Lipinski definition) is 0. The van der Waals surface area contributed by atoms with E-state index in [1.54, 1.807) is 6.92 Å². The number of halogens is 1. The van der Waals surface area contributed by atoms with Crippen molar-refractivity contribution >= 4 is 27.7 Å². The van der Waals surface area contributed by atoms with Crippen molar-refractivity contribution in [3.63, 3.8) is 0 Å². The quantitative estimate of drug-likeness (QED) is 0.562. The molecule has 1 aliphatic carbocycles. The SMILES string of the molecule is CC.CC.COC(=O)C1(CCC(C)=O)CCc2cccc(Br)c2C1C. The summed E-state index contributed by atoms with van der Waals surface area (Å²) >= 11 is 3.61. The Morgan fingerprint density at radius 1 is 1.24 bits per heavy atom. The fourth-order valence-electron chi connectivity index (χ4n) is 3.46. The molecule has 0 fully saturated rings. The Kier molecular flexibility index (Phi) is 10.9. The Hall–Kier alpha value is -1.16. The van der Waals surface area contributed by atoms with E-state index < -0.39 is 5.41 Å². The third kappa shape index (κ3) is 5.40. The van der Waals surface area contributed by atoms with E-state index in [0.717, 1.165) is 17.3 Å². The van der Waals surface area contributed by atoms with Crippen LogP contribution in [0.1, 0.15) is 77.8 Å². The molecule has 4 heteroatoms. The molecule has 1 aromatic rings. The van der Waals surface area contributed by atoms with E-state index in [4.69, 9.17) is 4.74 Å². The molecule has 25 heavy (non-hydrogen) atoms. The molecule has 0 saturated heterocycles. The van der Waals surface area contributed by atoms with Crippen molar-refractivity contribution in [2.24, 2.45) is 5.41 Å². The van der Waals surface area contributed by atoms with Crippen LogP contribution < -0.4 is 0 Å². The van der Waals surface area contributed by atoms with Crippen LogP contribution in [0.2, 0.25) is 0 Å². The lowest BCUT2D eigenvalue weighted by molar-refractivity contribution is -0.156. The van der Waals surface area contributed by atoms with E-state index >= 15 is 0 Å². The summed E-state index contributed by atoms with van der Waals surface area (Å²) in [4.78, 5) is 23.9. The van der Waals surface area contributed by atoms with Crippen LogP contribution >= 0.6 is 15.9 Å². The predicted octanol–water partition coefficient (Wildman–Crippen LogP) is 6.08. The number of ketones is 1. The molecule has 3 nitrogen and oxygen atoms in total. The number of aryl methyl sites for hydroxylation is 1. The molecule has 1 aromatic carbocycles. The Labute approximate surface area is 161 Å². The maximum atomic E-state index is 12.5. The van der Waals surface area contributed by atoms with Crippen molar-refractivity contribution < 1.29 is 14.3 Å². The van der Waals surface area contributed by atoms with Gasteiger partial charge in [0.25, 0.3) is 0 Å². The van der Waals surface area contributed by atoms with Crippen LogP contribution in [0.4, 0.5) is 0 Å². The van der Waals surface area contributed by atoms with Gasteiger partial charge < -0.3 is 9.53 Å². The summed E-state index contributed by atoms with van der Waals surface area (Å²) in [5, 5.41) is 0. The minimum Gasteiger partial charge on any atom is -0.469 e. The van der Waals surface area contributed by atoms with Gasteiger partial charge in [-0.15, -0.1) is 0 Å². The van der Waals surface area contributed by atoms with Crippen molar-refractivity contribution in [2.45, 2.75) is 73.1 Å². The standard InChI is InChI=1S/C17H21BrO3.2C2H6/c1-11(19)7-9-17(16(20)21-3)10-8-13-5-4-6-14(18)15(13)12(17)2;2*1-2/h4-6,12H,7-10H2,1-3H3;2*1-2H3. The maximum absolute atomic E-state index is 12.5. The lowest BCUT2D eigenvalue weighted by Gasteiger charge is -2.41. The van der Waals surface area contributed by atoms with Gasteiger partial charge in [-0.05, 0) is 49.3 Å². The van der Waals surface area contributed by atoms with Crippen LogP contribution in [0.5, 0.6) is 0 Å². The molecule has 0 radical (unpaired) electrons. The number of benzene rings is 1. The maximum Gasteiger partial charge on any atom is 0.312 e. The number of hydrogen-bond acceptors (Lipinski definition) is 3. The van der Waals surface area contributed by atoms with Crippen molar-refractivity contribution in [3.8, 4) is 0 Å². The molecular weight excluding hydrogens is 380 g/mol. The van der Waals surface area contributed by atoms with Crippen LogP contribution in [-0.4, -0.2) is 18.9 Å². The Morgan fingerprint density at radius 3 is 2.36 bits per heavy atom. The molecule has 2 unspecified atom stereocenters. The topological polar surface area (TPSA) is 43.4 Å². The highest BCUT2D eigenvalue weighted by Crippen LogP contribution is 2.51. The molecule has 0 aromatic heterocycles. The van der Waals surface area contributed by atoms with Crippen LogP contribution in [0.25, 0.3) is 0 Å². The molecular formula is C21H33BrO3. The summed E-state index contributed by atoms with van der Waals surface area (Å²) in [7, 11) is 1.43. The van der Waals surface area contributed by atoms with E-state index in [9.17, 15) is 9.59 Å². The van der Waals surface area contributed by atoms with Crippen LogP contribution in [0.15, 0.2) is 22.7 Å². The molecule has 142 valence electrons. The molecule has 0 amide bonds. The fourth-order valence-corrected chi connectivity index (χ4v) is 4.21. The third-order valence-electron chi connectivity index (χ3n) is 4.76. The lowest BCUT2D eigenvalue weighted by Crippen LogP contribution is -2.41. The first-order valence-electron chi connectivity index (χ1n) is 9.27. The zero-order valence-corrected chi connectivity index (χ0v) is 18.3. The van der Waals surface area contributed by atoms with Gasteiger partial charge in [0.1, 0.15) is 5.78 Å². The Morgan fingerprint density at radius 2 is 1.84 bits per heavy atom. The summed E-state index contributed by atoms with van der Waals surface area (Å²) < 4.78 is 6.12. The summed E-state index contributed by atoms with van der Waals surface area (Å²) in [5.74, 6) is -0.0512. The summed E-state index contributed by atoms with van der Waals surface area (Å²) in [6, 6.07) is 6.15. The molecule has 0 bridgehead atoms. The highest BCUT2D eigenvalue weighted by molar-refractivity contribution is 9.10. The Bertz CT molecular complexity index is 568. The van der Waals surface area contributed by atoms with Gasteiger partial charge in [-0.25, -0.2) is 0 Å². The predicted molar refractivity (Wildman–Crippen MR) is 108 cm³/mol. The van der Waals surface area contributed by atoms with Crippen molar-refractivity contribution in [1.82, 2.24) is 0 Å². The smallest absolute Gasteiger partial charge is 0.312 e. The van der Waals surface area contributed by atoms with Gasteiger partial charge in [-0.3, -0.25) is 4.79 Å². The second-order valence-electron chi connectivity index (χ2n) is 5.88. The van der Waals surface area contributed by atoms with Gasteiger partial charge in [0, 0.05) is 10.9 Å². The molecule has 2 atom stereocenters. The molecule has 0 N–H and O–H groups in total. The molecule has 0 heterocycles. The van der Waals surface area contributed by atoms with Crippen LogP contribution in [0.3, 0.4) is 0 Å². The van der Waals surface area contributed by atoms with E-state index in [1.165, 1.54) is 18.2 Å². The summed E-state index contributed by atoms with van der Waals surface area (Å²) in [6.45, 7) is 11.6. The van der Waals surface area contributed by atoms with Crippen LogP contribution in [-0.2, 0) is 20.7 Å². The number of esters is 1. The van der Waals surface area contributed by atoms with Gasteiger partial charge in [0.2, 0.25) is 0 Å². The zero-order valence-electron chi connectivity index (χ0n) is 16.7. The van der Waals surface area contributed by atoms with Crippen LogP contribution in [0, 0.1) is 5.41 Å². The number of rotatable bonds is 4. The third-order valence-corrected chi connectivity index (χ3v) is 5.45. The number of fused-ring (bicyclic) bond motifs is 1. The molecule has 1 aliphatic rings. The highest BCUT2D eigenvalue weighted by atomic mass is 79.9. The van der Waals surface area contributed by atoms with E-state index in [2.05, 4.69) is 28.9 Å². The van der Waals surface area contributed by atoms with Gasteiger partial charge in [0.05, 0.1) is 12.5 Å². The van der Waals surface area contributed by atoms with E-state index in [-0.39, 0.29) is 17.7 Å². The van der Waals surface area contributed by atoms with Gasteiger partial charge in [-0.1, -0.05) is 62.7 Å². The van der Waals surface area contributed by atoms with Crippen molar-refractivity contribution in [2.75, 3.05) is 7.11 Å². The van der Waals surface area contributed by atoms with E-state index in [0.29, 0.717) is 12.8 Å². The highest BCUT2D eigenvalue weighted by Gasteiger charge is 2.48. The average molecular weight is 413 g/mol. The summed E-state index contributed by atoms with van der Waals surface area (Å²) in [6.07, 6.45) is 2.54. The number of carbonyl (C=O) groups excluding carboxylic acids is 2. The number of methoxy groups -OCH3 is 1. The first-order chi connectivity index (χ1) is 11.9. The van der Waals surface area contributed by atoms with Crippen molar-refractivity contribution in [1.29, 1.82) is 0 Å². The average Bonchev–Trinajstić information content (AvgIpc) is 2.64. The number of ether oxygens (including phenoxy) is 1. The van der Waals surface area contributed by atoms with E-state index in [1.807, 2.05) is 39.8 Å². The molecule has 0 spiro atoms. The second-order valence-corrected chi connectivity index (χ2v) is 6.74. The second kappa shape index (κ2) is 11.5. The minimum absolute atomic E-state index is 0.0311. The van der Waals surface area contributed by atoms with Gasteiger partial charge in [-0.2, -0.15) is 0 Å².